The van der Waals surface area contributed by atoms with E-state index in [2.05, 4.69) is 22.6 Å². The number of unbranched alkanes of at least 4 members (excludes halogenated alkanes) is 3. The van der Waals surface area contributed by atoms with Crippen LogP contribution in [0.25, 0.3) is 0 Å². The summed E-state index contributed by atoms with van der Waals surface area (Å²) in [5.74, 6) is 0.972. The lowest BCUT2D eigenvalue weighted by Gasteiger charge is -2.07. The van der Waals surface area contributed by atoms with E-state index in [0.717, 1.165) is 41.6 Å². The first-order chi connectivity index (χ1) is 7.34. The summed E-state index contributed by atoms with van der Waals surface area (Å²) in [6.07, 6.45) is 4.18. The second-order valence-corrected chi connectivity index (χ2v) is 4.58. The molecular weight excluding hydrogens is 303 g/mol. The Labute approximate surface area is 105 Å². The molecule has 2 nitrogen and oxygen atoms in total. The van der Waals surface area contributed by atoms with Gasteiger partial charge in [0.05, 0.1) is 10.2 Å². The zero-order chi connectivity index (χ0) is 10.9. The molecule has 1 N–H and O–H groups in total. The molecule has 3 heteroatoms. The highest BCUT2D eigenvalue weighted by molar-refractivity contribution is 14.1. The van der Waals surface area contributed by atoms with Crippen molar-refractivity contribution in [2.45, 2.75) is 25.7 Å². The van der Waals surface area contributed by atoms with Crippen LogP contribution in [-0.2, 0) is 0 Å². The molecule has 0 saturated carbocycles. The zero-order valence-corrected chi connectivity index (χ0v) is 10.9. The molecule has 0 atom stereocenters. The highest BCUT2D eigenvalue weighted by atomic mass is 127. The van der Waals surface area contributed by atoms with Gasteiger partial charge in [0.2, 0.25) is 0 Å². The van der Waals surface area contributed by atoms with Gasteiger partial charge >= 0.3 is 0 Å². The van der Waals surface area contributed by atoms with Crippen LogP contribution in [0.3, 0.4) is 0 Å². The van der Waals surface area contributed by atoms with Crippen molar-refractivity contribution in [3.63, 3.8) is 0 Å². The molecule has 0 fully saturated rings. The third-order valence-electron chi connectivity index (χ3n) is 2.15. The van der Waals surface area contributed by atoms with Crippen LogP contribution in [0.15, 0.2) is 24.3 Å². The molecule has 1 rings (SSSR count). The maximum absolute atomic E-state index is 8.60. The fourth-order valence-electron chi connectivity index (χ4n) is 1.31. The Morgan fingerprint density at radius 1 is 1.07 bits per heavy atom. The van der Waals surface area contributed by atoms with Gasteiger partial charge in [0.15, 0.2) is 0 Å². The second kappa shape index (κ2) is 7.93. The summed E-state index contributed by atoms with van der Waals surface area (Å²) in [5, 5.41) is 8.60. The van der Waals surface area contributed by atoms with E-state index in [4.69, 9.17) is 9.84 Å². The molecule has 0 saturated heterocycles. The first-order valence-electron chi connectivity index (χ1n) is 5.33. The molecule has 0 unspecified atom stereocenters. The van der Waals surface area contributed by atoms with Crippen molar-refractivity contribution >= 4 is 22.6 Å². The van der Waals surface area contributed by atoms with E-state index in [1.165, 1.54) is 0 Å². The molecule has 0 amide bonds. The van der Waals surface area contributed by atoms with E-state index in [9.17, 15) is 0 Å². The Morgan fingerprint density at radius 2 is 1.80 bits per heavy atom. The van der Waals surface area contributed by atoms with Crippen LogP contribution in [0.2, 0.25) is 0 Å². The van der Waals surface area contributed by atoms with Crippen molar-refractivity contribution < 1.29 is 9.84 Å². The van der Waals surface area contributed by atoms with E-state index in [1.54, 1.807) is 0 Å². The third kappa shape index (κ3) is 5.37. The van der Waals surface area contributed by atoms with Gasteiger partial charge < -0.3 is 9.84 Å². The van der Waals surface area contributed by atoms with Gasteiger partial charge in [-0.25, -0.2) is 0 Å². The molecule has 84 valence electrons. The lowest BCUT2D eigenvalue weighted by molar-refractivity contribution is 0.273. The van der Waals surface area contributed by atoms with Crippen LogP contribution in [0.5, 0.6) is 5.75 Å². The normalized spacial score (nSPS) is 10.3. The van der Waals surface area contributed by atoms with Crippen molar-refractivity contribution in [3.05, 3.63) is 27.8 Å². The van der Waals surface area contributed by atoms with Gasteiger partial charge in [-0.15, -0.1) is 0 Å². The maximum Gasteiger partial charge on any atom is 0.132 e. The monoisotopic (exact) mass is 320 g/mol. The Morgan fingerprint density at radius 3 is 2.53 bits per heavy atom. The van der Waals surface area contributed by atoms with Crippen molar-refractivity contribution in [2.75, 3.05) is 13.2 Å². The molecule has 0 aliphatic rings. The number of aliphatic hydroxyl groups is 1. The van der Waals surface area contributed by atoms with Crippen molar-refractivity contribution in [2.24, 2.45) is 0 Å². The first-order valence-corrected chi connectivity index (χ1v) is 6.40. The van der Waals surface area contributed by atoms with Crippen LogP contribution >= 0.6 is 22.6 Å². The van der Waals surface area contributed by atoms with Crippen molar-refractivity contribution in [1.29, 1.82) is 0 Å². The fourth-order valence-corrected chi connectivity index (χ4v) is 1.85. The van der Waals surface area contributed by atoms with E-state index < -0.39 is 0 Å². The second-order valence-electron chi connectivity index (χ2n) is 3.42. The number of ether oxygens (including phenoxy) is 1. The quantitative estimate of drug-likeness (QED) is 0.617. The number of benzene rings is 1. The molecule has 0 heterocycles. The van der Waals surface area contributed by atoms with Crippen molar-refractivity contribution in [3.8, 4) is 5.75 Å². The van der Waals surface area contributed by atoms with Crippen molar-refractivity contribution in [1.82, 2.24) is 0 Å². The molecule has 15 heavy (non-hydrogen) atoms. The average molecular weight is 320 g/mol. The highest BCUT2D eigenvalue weighted by Gasteiger charge is 1.98. The molecule has 1 aromatic rings. The summed E-state index contributed by atoms with van der Waals surface area (Å²) in [5.41, 5.74) is 0. The Balaban J connectivity index is 2.12. The topological polar surface area (TPSA) is 29.5 Å². The molecule has 0 aromatic heterocycles. The standard InChI is InChI=1S/C12H17IO2/c13-11-7-3-4-8-12(11)15-10-6-2-1-5-9-14/h3-4,7-8,14H,1-2,5-6,9-10H2. The lowest BCUT2D eigenvalue weighted by atomic mass is 10.2. The van der Waals surface area contributed by atoms with Crippen LogP contribution in [0.4, 0.5) is 0 Å². The van der Waals surface area contributed by atoms with Crippen LogP contribution in [0, 0.1) is 3.57 Å². The van der Waals surface area contributed by atoms with Gasteiger partial charge in [-0.3, -0.25) is 0 Å². The van der Waals surface area contributed by atoms with Gasteiger partial charge in [0, 0.05) is 6.61 Å². The molecule has 1 aromatic carbocycles. The third-order valence-corrected chi connectivity index (χ3v) is 3.04. The smallest absolute Gasteiger partial charge is 0.132 e. The largest absolute Gasteiger partial charge is 0.492 e. The predicted octanol–water partition coefficient (Wildman–Crippen LogP) is 3.22. The molecule has 0 aliphatic carbocycles. The molecule has 0 radical (unpaired) electrons. The number of halogens is 1. The van der Waals surface area contributed by atoms with Gasteiger partial charge in [-0.1, -0.05) is 18.6 Å². The zero-order valence-electron chi connectivity index (χ0n) is 8.79. The van der Waals surface area contributed by atoms with Crippen LogP contribution in [-0.4, -0.2) is 18.3 Å². The number of para-hydroxylation sites is 1. The summed E-state index contributed by atoms with van der Waals surface area (Å²) in [6.45, 7) is 1.07. The first kappa shape index (κ1) is 12.8. The summed E-state index contributed by atoms with van der Waals surface area (Å²) in [6, 6.07) is 8.04. The number of hydrogen-bond acceptors (Lipinski definition) is 2. The van der Waals surface area contributed by atoms with Crippen LogP contribution < -0.4 is 4.74 Å². The fraction of sp³-hybridized carbons (Fsp3) is 0.500. The van der Waals surface area contributed by atoms with E-state index in [-0.39, 0.29) is 0 Å². The molecule has 0 aliphatic heterocycles. The molecule has 0 spiro atoms. The minimum Gasteiger partial charge on any atom is -0.492 e. The number of rotatable bonds is 7. The Kier molecular flexibility index (Phi) is 6.76. The lowest BCUT2D eigenvalue weighted by Crippen LogP contribution is -1.98. The molecular formula is C12H17IO2. The summed E-state index contributed by atoms with van der Waals surface area (Å²) < 4.78 is 6.80. The SMILES string of the molecule is OCCCCCCOc1ccccc1I. The van der Waals surface area contributed by atoms with E-state index in [0.29, 0.717) is 6.61 Å². The van der Waals surface area contributed by atoms with Gasteiger partial charge in [-0.05, 0) is 54.0 Å². The number of aliphatic hydroxyl groups excluding tert-OH is 1. The summed E-state index contributed by atoms with van der Waals surface area (Å²) in [4.78, 5) is 0. The van der Waals surface area contributed by atoms with Gasteiger partial charge in [-0.2, -0.15) is 0 Å². The summed E-state index contributed by atoms with van der Waals surface area (Å²) in [7, 11) is 0. The van der Waals surface area contributed by atoms with Crippen LogP contribution in [0.1, 0.15) is 25.7 Å². The predicted molar refractivity (Wildman–Crippen MR) is 70.2 cm³/mol. The van der Waals surface area contributed by atoms with E-state index in [1.807, 2.05) is 24.3 Å². The average Bonchev–Trinajstić information content (AvgIpc) is 2.25. The van der Waals surface area contributed by atoms with Gasteiger partial charge in [0.1, 0.15) is 5.75 Å². The highest BCUT2D eigenvalue weighted by Crippen LogP contribution is 2.19. The van der Waals surface area contributed by atoms with E-state index >= 15 is 0 Å². The number of hydrogen-bond donors (Lipinski definition) is 1. The Bertz CT molecular complexity index is 276. The minimum absolute atomic E-state index is 0.303. The Hall–Kier alpha value is -0.290. The summed E-state index contributed by atoms with van der Waals surface area (Å²) >= 11 is 2.28. The minimum atomic E-state index is 0.303. The van der Waals surface area contributed by atoms with Gasteiger partial charge in [0.25, 0.3) is 0 Å². The molecule has 0 bridgehead atoms. The maximum atomic E-state index is 8.60.